The molecular weight excluding hydrogens is 274 g/mol. The Morgan fingerprint density at radius 1 is 1.20 bits per heavy atom. The molecule has 0 spiro atoms. The Hall–Kier alpha value is -2.00. The number of nitrogens with one attached hydrogen (secondary N) is 1. The van der Waals surface area contributed by atoms with Gasteiger partial charge in [-0.15, -0.1) is 0 Å². The van der Waals surface area contributed by atoms with Gasteiger partial charge in [-0.1, -0.05) is 41.9 Å². The largest absolute Gasteiger partial charge is 0.460 e. The Balaban J connectivity index is 1.65. The fourth-order valence-corrected chi connectivity index (χ4v) is 2.46. The molecule has 102 valence electrons. The van der Waals surface area contributed by atoms with Gasteiger partial charge in [0.2, 0.25) is 0 Å². The van der Waals surface area contributed by atoms with Gasteiger partial charge in [-0.2, -0.15) is 0 Å². The van der Waals surface area contributed by atoms with Crippen LogP contribution in [0.3, 0.4) is 0 Å². The van der Waals surface area contributed by atoms with Crippen molar-refractivity contribution in [1.29, 1.82) is 0 Å². The number of esters is 1. The summed E-state index contributed by atoms with van der Waals surface area (Å²) in [7, 11) is 0. The van der Waals surface area contributed by atoms with Gasteiger partial charge >= 0.3 is 5.97 Å². The highest BCUT2D eigenvalue weighted by Gasteiger charge is 2.29. The van der Waals surface area contributed by atoms with Gasteiger partial charge in [0.15, 0.2) is 0 Å². The Labute approximate surface area is 122 Å². The molecule has 0 amide bonds. The van der Waals surface area contributed by atoms with Crippen molar-refractivity contribution in [2.75, 3.05) is 11.9 Å². The van der Waals surface area contributed by atoms with E-state index in [4.69, 9.17) is 16.3 Å². The van der Waals surface area contributed by atoms with Gasteiger partial charge in [0.25, 0.3) is 0 Å². The smallest absolute Gasteiger partial charge is 0.315 e. The van der Waals surface area contributed by atoms with E-state index >= 15 is 0 Å². The van der Waals surface area contributed by atoms with E-state index in [1.54, 1.807) is 12.1 Å². The van der Waals surface area contributed by atoms with Gasteiger partial charge in [-0.25, -0.2) is 0 Å². The van der Waals surface area contributed by atoms with Crippen LogP contribution in [0.1, 0.15) is 17.0 Å². The van der Waals surface area contributed by atoms with Crippen molar-refractivity contribution in [1.82, 2.24) is 0 Å². The molecule has 0 saturated carbocycles. The Kier molecular flexibility index (Phi) is 3.61. The van der Waals surface area contributed by atoms with Gasteiger partial charge < -0.3 is 10.1 Å². The molecule has 1 aliphatic rings. The van der Waals surface area contributed by atoms with E-state index in [-0.39, 0.29) is 18.5 Å². The van der Waals surface area contributed by atoms with Crippen LogP contribution in [0.25, 0.3) is 0 Å². The monoisotopic (exact) mass is 287 g/mol. The maximum atomic E-state index is 12.2. The number of rotatable bonds is 3. The second-order valence-corrected chi connectivity index (χ2v) is 5.19. The second-order valence-electron chi connectivity index (χ2n) is 4.75. The van der Waals surface area contributed by atoms with Crippen LogP contribution in [-0.2, 0) is 16.1 Å². The van der Waals surface area contributed by atoms with Crippen molar-refractivity contribution in [3.8, 4) is 0 Å². The molecule has 3 rings (SSSR count). The quantitative estimate of drug-likeness (QED) is 0.877. The van der Waals surface area contributed by atoms with Crippen molar-refractivity contribution in [3.05, 3.63) is 64.7 Å². The van der Waals surface area contributed by atoms with Crippen molar-refractivity contribution in [2.24, 2.45) is 0 Å². The molecular formula is C16H14ClNO2. The van der Waals surface area contributed by atoms with Crippen molar-refractivity contribution in [3.63, 3.8) is 0 Å². The number of hydrogen-bond acceptors (Lipinski definition) is 3. The van der Waals surface area contributed by atoms with Crippen molar-refractivity contribution >= 4 is 23.3 Å². The number of halogens is 1. The van der Waals surface area contributed by atoms with Gasteiger partial charge in [0.1, 0.15) is 12.5 Å². The lowest BCUT2D eigenvalue weighted by Gasteiger charge is -2.10. The fraction of sp³-hybridized carbons (Fsp3) is 0.188. The van der Waals surface area contributed by atoms with Gasteiger partial charge in [0, 0.05) is 17.3 Å². The minimum Gasteiger partial charge on any atom is -0.460 e. The lowest BCUT2D eigenvalue weighted by atomic mass is 10.0. The molecule has 1 unspecified atom stereocenters. The molecule has 0 bridgehead atoms. The van der Waals surface area contributed by atoms with E-state index in [1.165, 1.54) is 0 Å². The molecule has 2 aromatic carbocycles. The third-order valence-electron chi connectivity index (χ3n) is 3.41. The van der Waals surface area contributed by atoms with E-state index < -0.39 is 0 Å². The summed E-state index contributed by atoms with van der Waals surface area (Å²) in [6, 6.07) is 15.1. The van der Waals surface area contributed by atoms with E-state index in [0.717, 1.165) is 16.8 Å². The average Bonchev–Trinajstić information content (AvgIpc) is 2.90. The third-order valence-corrected chi connectivity index (χ3v) is 3.66. The SMILES string of the molecule is O=C(OCc1ccc(Cl)cc1)C1CNc2ccccc21. The predicted octanol–water partition coefficient (Wildman–Crippen LogP) is 3.59. The maximum Gasteiger partial charge on any atom is 0.315 e. The second kappa shape index (κ2) is 5.55. The summed E-state index contributed by atoms with van der Waals surface area (Å²) >= 11 is 5.82. The summed E-state index contributed by atoms with van der Waals surface area (Å²) in [5.74, 6) is -0.420. The summed E-state index contributed by atoms with van der Waals surface area (Å²) in [5.41, 5.74) is 2.96. The molecule has 20 heavy (non-hydrogen) atoms. The molecule has 1 N–H and O–H groups in total. The number of fused-ring (bicyclic) bond motifs is 1. The normalized spacial score (nSPS) is 16.4. The molecule has 0 saturated heterocycles. The predicted molar refractivity (Wildman–Crippen MR) is 78.9 cm³/mol. The van der Waals surface area contributed by atoms with E-state index in [2.05, 4.69) is 5.32 Å². The maximum absolute atomic E-state index is 12.2. The standard InChI is InChI=1S/C16H14ClNO2/c17-12-7-5-11(6-8-12)10-20-16(19)14-9-18-15-4-2-1-3-13(14)15/h1-8,14,18H,9-10H2. The summed E-state index contributed by atoms with van der Waals surface area (Å²) in [5, 5.41) is 3.89. The highest BCUT2D eigenvalue weighted by molar-refractivity contribution is 6.30. The minimum absolute atomic E-state index is 0.197. The molecule has 0 aliphatic carbocycles. The molecule has 0 aromatic heterocycles. The Morgan fingerprint density at radius 3 is 2.75 bits per heavy atom. The van der Waals surface area contributed by atoms with Crippen LogP contribution in [0, 0.1) is 0 Å². The van der Waals surface area contributed by atoms with E-state index in [0.29, 0.717) is 11.6 Å². The number of para-hydroxylation sites is 1. The zero-order valence-electron chi connectivity index (χ0n) is 10.8. The van der Waals surface area contributed by atoms with E-state index in [9.17, 15) is 4.79 Å². The first kappa shape index (κ1) is 13.0. The third kappa shape index (κ3) is 2.63. The first-order valence-electron chi connectivity index (χ1n) is 6.48. The number of hydrogen-bond donors (Lipinski definition) is 1. The number of ether oxygens (including phenoxy) is 1. The zero-order chi connectivity index (χ0) is 13.9. The van der Waals surface area contributed by atoms with Crippen LogP contribution in [0.4, 0.5) is 5.69 Å². The molecule has 1 aliphatic heterocycles. The molecule has 0 radical (unpaired) electrons. The van der Waals surface area contributed by atoms with Crippen molar-refractivity contribution < 1.29 is 9.53 Å². The van der Waals surface area contributed by atoms with Gasteiger partial charge in [-0.3, -0.25) is 4.79 Å². The average molecular weight is 288 g/mol. The number of carbonyl (C=O) groups excluding carboxylic acids is 1. The number of anilines is 1. The molecule has 0 fully saturated rings. The summed E-state index contributed by atoms with van der Waals surface area (Å²) < 4.78 is 5.39. The van der Waals surface area contributed by atoms with Crippen molar-refractivity contribution in [2.45, 2.75) is 12.5 Å². The lowest BCUT2D eigenvalue weighted by molar-refractivity contribution is -0.146. The van der Waals surface area contributed by atoms with Crippen LogP contribution in [0.2, 0.25) is 5.02 Å². The molecule has 1 atom stereocenters. The zero-order valence-corrected chi connectivity index (χ0v) is 11.6. The van der Waals surface area contributed by atoms with Gasteiger partial charge in [-0.05, 0) is 29.3 Å². The van der Waals surface area contributed by atoms with E-state index in [1.807, 2.05) is 36.4 Å². The molecule has 2 aromatic rings. The summed E-state index contributed by atoms with van der Waals surface area (Å²) in [6.45, 7) is 0.869. The fourth-order valence-electron chi connectivity index (χ4n) is 2.33. The van der Waals surface area contributed by atoms with Gasteiger partial charge in [0.05, 0.1) is 0 Å². The lowest BCUT2D eigenvalue weighted by Crippen LogP contribution is -2.17. The molecule has 1 heterocycles. The Morgan fingerprint density at radius 2 is 1.95 bits per heavy atom. The van der Waals surface area contributed by atoms with Crippen LogP contribution in [-0.4, -0.2) is 12.5 Å². The highest BCUT2D eigenvalue weighted by atomic mass is 35.5. The summed E-state index contributed by atoms with van der Waals surface area (Å²) in [4.78, 5) is 12.2. The first-order chi connectivity index (χ1) is 9.74. The summed E-state index contributed by atoms with van der Waals surface area (Å²) in [6.07, 6.45) is 0. The Bertz CT molecular complexity index is 625. The number of carbonyl (C=O) groups is 1. The molecule has 3 nitrogen and oxygen atoms in total. The first-order valence-corrected chi connectivity index (χ1v) is 6.86. The highest BCUT2D eigenvalue weighted by Crippen LogP contribution is 2.31. The van der Waals surface area contributed by atoms with Crippen LogP contribution in [0.5, 0.6) is 0 Å². The number of benzene rings is 2. The minimum atomic E-state index is -0.224. The topological polar surface area (TPSA) is 38.3 Å². The molecule has 4 heteroatoms. The van der Waals surface area contributed by atoms with Crippen LogP contribution < -0.4 is 5.32 Å². The van der Waals surface area contributed by atoms with Crippen LogP contribution in [0.15, 0.2) is 48.5 Å². The van der Waals surface area contributed by atoms with Crippen LogP contribution >= 0.6 is 11.6 Å².